The van der Waals surface area contributed by atoms with E-state index in [-0.39, 0.29) is 29.5 Å². The molecule has 17 heteroatoms. The number of hydrogen-bond acceptors (Lipinski definition) is 13. The quantitative estimate of drug-likeness (QED) is 0.115. The third-order valence-corrected chi connectivity index (χ3v) is 15.7. The summed E-state index contributed by atoms with van der Waals surface area (Å²) in [5, 5.41) is 7.57. The molecule has 1 N–H and O–H groups in total. The second-order valence-corrected chi connectivity index (χ2v) is 23.1. The molecule has 6 aromatic rings. The van der Waals surface area contributed by atoms with Gasteiger partial charge in [-0.2, -0.15) is 0 Å². The highest BCUT2D eigenvalue weighted by atomic mass is 32.2. The Morgan fingerprint density at radius 2 is 0.918 bits per heavy atom. The molecule has 4 atom stereocenters. The maximum Gasteiger partial charge on any atom is 0.267 e. The van der Waals surface area contributed by atoms with Crippen molar-refractivity contribution in [3.63, 3.8) is 0 Å². The molecule has 4 aliphatic heterocycles. The SMILES string of the molecule is CCO.Cc1ccc2nc(N3CC(C)CC(C)C3)c(/C=C3\SC(=S)N(Cc4ccccc4)C3=O)c(=O)n2c1.Cc1ccc2nc(N3CC(C)CC(C)C3)c(/C=C3\SC(=S)N(Cc4ccccc4)C3=O)c(=O)n2c1. The van der Waals surface area contributed by atoms with Crippen LogP contribution in [0.15, 0.2) is 117 Å². The second-order valence-electron chi connectivity index (χ2n) is 19.7. The Balaban J connectivity index is 0.000000185. The zero-order valence-corrected chi connectivity index (χ0v) is 45.6. The lowest BCUT2D eigenvalue weighted by Gasteiger charge is -2.36. The first kappa shape index (κ1) is 53.3. The summed E-state index contributed by atoms with van der Waals surface area (Å²) in [6.45, 7) is 18.9. The van der Waals surface area contributed by atoms with Gasteiger partial charge in [0, 0.05) is 45.2 Å². The Morgan fingerprint density at radius 3 is 1.26 bits per heavy atom. The normalized spacial score (nSPS) is 21.3. The largest absolute Gasteiger partial charge is 0.397 e. The molecule has 73 heavy (non-hydrogen) atoms. The third-order valence-electron chi connectivity index (χ3n) is 13.0. The van der Waals surface area contributed by atoms with Gasteiger partial charge in [-0.1, -0.05) is 148 Å². The number of pyridine rings is 2. The van der Waals surface area contributed by atoms with Crippen LogP contribution >= 0.6 is 48.0 Å². The first-order valence-electron chi connectivity index (χ1n) is 24.8. The molecular formula is C56H62N8O5S4. The summed E-state index contributed by atoms with van der Waals surface area (Å²) in [4.78, 5) is 72.5. The van der Waals surface area contributed by atoms with Crippen LogP contribution in [0.4, 0.5) is 11.6 Å². The number of amides is 2. The van der Waals surface area contributed by atoms with Gasteiger partial charge in [0.05, 0.1) is 34.0 Å². The smallest absolute Gasteiger partial charge is 0.267 e. The van der Waals surface area contributed by atoms with Gasteiger partial charge in [0.15, 0.2) is 0 Å². The number of anilines is 2. The maximum atomic E-state index is 13.7. The number of piperidine rings is 2. The lowest BCUT2D eigenvalue weighted by Crippen LogP contribution is -2.40. The van der Waals surface area contributed by atoms with Crippen LogP contribution in [0.1, 0.15) is 80.8 Å². The Kier molecular flexibility index (Phi) is 17.2. The van der Waals surface area contributed by atoms with E-state index in [1.165, 1.54) is 23.5 Å². The number of carbonyl (C=O) groups excluding carboxylic acids is 2. The van der Waals surface area contributed by atoms with Gasteiger partial charge in [0.2, 0.25) is 0 Å². The van der Waals surface area contributed by atoms with E-state index in [4.69, 9.17) is 39.5 Å². The van der Waals surface area contributed by atoms with Crippen molar-refractivity contribution >= 4 is 103 Å². The minimum atomic E-state index is -0.177. The average Bonchev–Trinajstić information content (AvgIpc) is 3.77. The third kappa shape index (κ3) is 12.3. The fourth-order valence-corrected chi connectivity index (χ4v) is 12.4. The number of rotatable bonds is 8. The topological polar surface area (TPSA) is 136 Å². The first-order valence-corrected chi connectivity index (χ1v) is 27.2. The van der Waals surface area contributed by atoms with Crippen molar-refractivity contribution in [1.29, 1.82) is 0 Å². The molecule has 4 saturated heterocycles. The number of thiocarbonyl (C=S) groups is 2. The van der Waals surface area contributed by atoms with Crippen LogP contribution in [-0.4, -0.2) is 86.9 Å². The Morgan fingerprint density at radius 1 is 0.575 bits per heavy atom. The van der Waals surface area contributed by atoms with E-state index >= 15 is 0 Å². The van der Waals surface area contributed by atoms with Crippen molar-refractivity contribution in [2.45, 2.75) is 74.4 Å². The zero-order chi connectivity index (χ0) is 52.1. The number of aliphatic hydroxyl groups is 1. The minimum Gasteiger partial charge on any atom is -0.397 e. The predicted octanol–water partition coefficient (Wildman–Crippen LogP) is 9.77. The highest BCUT2D eigenvalue weighted by Crippen LogP contribution is 2.37. The van der Waals surface area contributed by atoms with Gasteiger partial charge >= 0.3 is 0 Å². The first-order chi connectivity index (χ1) is 35.0. The molecule has 10 rings (SSSR count). The van der Waals surface area contributed by atoms with Crippen molar-refractivity contribution in [3.05, 3.63) is 161 Å². The molecular weight excluding hydrogens is 993 g/mol. The fraction of sp³-hybridized carbons (Fsp3) is 0.357. The van der Waals surface area contributed by atoms with E-state index < -0.39 is 0 Å². The monoisotopic (exact) mass is 1050 g/mol. The van der Waals surface area contributed by atoms with Gasteiger partial charge in [-0.15, -0.1) is 0 Å². The van der Waals surface area contributed by atoms with Crippen LogP contribution in [-0.2, 0) is 22.7 Å². The Bertz CT molecular complexity index is 3020. The van der Waals surface area contributed by atoms with Gasteiger partial charge in [-0.3, -0.25) is 37.8 Å². The van der Waals surface area contributed by atoms with E-state index in [2.05, 4.69) is 37.5 Å². The summed E-state index contributed by atoms with van der Waals surface area (Å²) in [5.74, 6) is 2.91. The van der Waals surface area contributed by atoms with Crippen molar-refractivity contribution < 1.29 is 14.7 Å². The molecule has 0 aliphatic carbocycles. The summed E-state index contributed by atoms with van der Waals surface area (Å²) in [6.07, 6.45) is 9.30. The Hall–Kier alpha value is -5.98. The molecule has 8 heterocycles. The standard InChI is InChI=1S/2C27H28N4O2S2.C2H6O/c2*1-17-9-10-23-28-24(29-13-18(2)11-19(3)14-29)21(25(32)30(23)15-17)12-22-26(33)31(27(34)35-22)16-20-7-5-4-6-8-20;1-2-3/h2*4-10,12,15,18-19H,11,13-14,16H2,1-3H3;3H,2H2,1H3/b2*22-12-;. The molecule has 2 aromatic carbocycles. The number of fused-ring (bicyclic) bond motifs is 2. The van der Waals surface area contributed by atoms with Gasteiger partial charge in [0.25, 0.3) is 22.9 Å². The number of benzene rings is 2. The highest BCUT2D eigenvalue weighted by molar-refractivity contribution is 8.27. The van der Waals surface area contributed by atoms with E-state index in [1.807, 2.05) is 98.8 Å². The van der Waals surface area contributed by atoms with Gasteiger partial charge in [0.1, 0.15) is 31.6 Å². The van der Waals surface area contributed by atoms with Crippen LogP contribution in [0, 0.1) is 37.5 Å². The molecule has 0 spiro atoms. The van der Waals surface area contributed by atoms with Gasteiger partial charge in [-0.05, 0) is 104 Å². The lowest BCUT2D eigenvalue weighted by molar-refractivity contribution is -0.123. The molecule has 4 unspecified atom stereocenters. The number of hydrogen-bond donors (Lipinski definition) is 1. The number of nitrogens with zero attached hydrogens (tertiary/aromatic N) is 8. The van der Waals surface area contributed by atoms with Crippen LogP contribution in [0.5, 0.6) is 0 Å². The highest BCUT2D eigenvalue weighted by Gasteiger charge is 2.35. The summed E-state index contributed by atoms with van der Waals surface area (Å²) >= 11 is 13.6. The number of carbonyl (C=O) groups is 2. The van der Waals surface area contributed by atoms with E-state index in [0.717, 1.165) is 61.3 Å². The average molecular weight is 1060 g/mol. The van der Waals surface area contributed by atoms with Crippen LogP contribution < -0.4 is 20.9 Å². The number of aryl methyl sites for hydroxylation is 2. The number of aliphatic hydroxyl groups excluding tert-OH is 1. The van der Waals surface area contributed by atoms with Gasteiger partial charge < -0.3 is 14.9 Å². The predicted molar refractivity (Wildman–Crippen MR) is 306 cm³/mol. The summed E-state index contributed by atoms with van der Waals surface area (Å²) in [5.41, 5.74) is 5.69. The molecule has 0 bridgehead atoms. The molecule has 4 fully saturated rings. The molecule has 380 valence electrons. The molecule has 0 saturated carbocycles. The van der Waals surface area contributed by atoms with Gasteiger partial charge in [-0.25, -0.2) is 9.97 Å². The van der Waals surface area contributed by atoms with Crippen LogP contribution in [0.3, 0.4) is 0 Å². The van der Waals surface area contributed by atoms with E-state index in [9.17, 15) is 19.2 Å². The van der Waals surface area contributed by atoms with Crippen LogP contribution in [0.25, 0.3) is 23.4 Å². The van der Waals surface area contributed by atoms with Crippen molar-refractivity contribution in [1.82, 2.24) is 28.6 Å². The zero-order valence-electron chi connectivity index (χ0n) is 42.4. The maximum absolute atomic E-state index is 13.7. The van der Waals surface area contributed by atoms with Crippen molar-refractivity contribution in [3.8, 4) is 0 Å². The van der Waals surface area contributed by atoms with Crippen LogP contribution in [0.2, 0.25) is 0 Å². The second kappa shape index (κ2) is 23.5. The number of thioether (sulfide) groups is 2. The van der Waals surface area contributed by atoms with Crippen molar-refractivity contribution in [2.75, 3.05) is 42.6 Å². The molecule has 0 radical (unpaired) electrons. The van der Waals surface area contributed by atoms with E-state index in [1.54, 1.807) is 50.1 Å². The minimum absolute atomic E-state index is 0.173. The van der Waals surface area contributed by atoms with E-state index in [0.29, 0.717) is 89.3 Å². The molecule has 4 aliphatic rings. The lowest BCUT2D eigenvalue weighted by atomic mass is 9.91. The Labute approximate surface area is 446 Å². The fourth-order valence-electron chi connectivity index (χ4n) is 9.97. The summed E-state index contributed by atoms with van der Waals surface area (Å²) in [6, 6.07) is 27.2. The molecule has 2 amide bonds. The molecule has 4 aromatic heterocycles. The molecule has 13 nitrogen and oxygen atoms in total. The van der Waals surface area contributed by atoms with Crippen molar-refractivity contribution in [2.24, 2.45) is 23.7 Å². The summed E-state index contributed by atoms with van der Waals surface area (Å²) in [7, 11) is 0. The summed E-state index contributed by atoms with van der Waals surface area (Å²) < 4.78 is 4.14. The number of aromatic nitrogens is 4.